The minimum absolute atomic E-state index is 0.00861. The molecule has 0 amide bonds. The molecule has 1 fully saturated rings. The van der Waals surface area contributed by atoms with Gasteiger partial charge in [0, 0.05) is 19.4 Å². The number of hydrogen-bond acceptors (Lipinski definition) is 2. The van der Waals surface area contributed by atoms with Gasteiger partial charge in [-0.3, -0.25) is 4.90 Å². The second kappa shape index (κ2) is 3.44. The van der Waals surface area contributed by atoms with Gasteiger partial charge in [0.15, 0.2) is 0 Å². The van der Waals surface area contributed by atoms with Crippen LogP contribution in [0.25, 0.3) is 0 Å². The molecule has 0 radical (unpaired) electrons. The molecule has 1 saturated heterocycles. The molecule has 0 unspecified atom stereocenters. The van der Waals surface area contributed by atoms with Crippen molar-refractivity contribution in [1.29, 1.82) is 0 Å². The molecule has 2 rings (SSSR count). The predicted molar refractivity (Wildman–Crippen MR) is 48.4 cm³/mol. The van der Waals surface area contributed by atoms with Crippen LogP contribution in [0.3, 0.4) is 0 Å². The molecule has 0 atom stereocenters. The number of aryl methyl sites for hydroxylation is 1. The maximum Gasteiger partial charge on any atom is 0.323 e. The standard InChI is InChI=1S/C9H11F4N3/c1-15-3-2-14-7(15)4-16-5-8(10,11)9(12,13)6-16/h2-3H,4-6H2,1H3. The lowest BCUT2D eigenvalue weighted by Gasteiger charge is -2.15. The third-order valence-electron chi connectivity index (χ3n) is 2.67. The molecule has 1 aromatic heterocycles. The summed E-state index contributed by atoms with van der Waals surface area (Å²) in [7, 11) is 1.69. The highest BCUT2D eigenvalue weighted by Gasteiger charge is 2.62. The first-order valence-corrected chi connectivity index (χ1v) is 4.76. The van der Waals surface area contributed by atoms with E-state index in [1.165, 1.54) is 6.20 Å². The Labute approximate surface area is 89.7 Å². The lowest BCUT2D eigenvalue weighted by atomic mass is 10.2. The fourth-order valence-electron chi connectivity index (χ4n) is 1.71. The van der Waals surface area contributed by atoms with Gasteiger partial charge >= 0.3 is 11.8 Å². The maximum atomic E-state index is 12.9. The molecule has 7 heteroatoms. The number of halogens is 4. The Bertz CT molecular complexity index is 372. The molecular weight excluding hydrogens is 226 g/mol. The molecule has 0 N–H and O–H groups in total. The summed E-state index contributed by atoms with van der Waals surface area (Å²) in [6, 6.07) is 0. The zero-order valence-electron chi connectivity index (χ0n) is 8.63. The Morgan fingerprint density at radius 2 is 1.81 bits per heavy atom. The Morgan fingerprint density at radius 3 is 2.25 bits per heavy atom. The largest absolute Gasteiger partial charge is 0.337 e. The van der Waals surface area contributed by atoms with Crippen LogP contribution < -0.4 is 0 Å². The van der Waals surface area contributed by atoms with E-state index in [0.717, 1.165) is 4.90 Å². The molecule has 1 aliphatic heterocycles. The van der Waals surface area contributed by atoms with E-state index in [-0.39, 0.29) is 6.54 Å². The zero-order valence-corrected chi connectivity index (χ0v) is 8.63. The minimum Gasteiger partial charge on any atom is -0.337 e. The van der Waals surface area contributed by atoms with Crippen molar-refractivity contribution in [2.75, 3.05) is 13.1 Å². The van der Waals surface area contributed by atoms with E-state index < -0.39 is 24.9 Å². The third kappa shape index (κ3) is 1.79. The van der Waals surface area contributed by atoms with Gasteiger partial charge in [0.25, 0.3) is 0 Å². The highest BCUT2D eigenvalue weighted by molar-refractivity contribution is 5.00. The van der Waals surface area contributed by atoms with E-state index in [1.54, 1.807) is 17.8 Å². The van der Waals surface area contributed by atoms with Crippen LogP contribution in [0.5, 0.6) is 0 Å². The van der Waals surface area contributed by atoms with Crippen LogP contribution in [0, 0.1) is 0 Å². The molecular formula is C9H11F4N3. The van der Waals surface area contributed by atoms with Crippen molar-refractivity contribution in [1.82, 2.24) is 14.5 Å². The van der Waals surface area contributed by atoms with Gasteiger partial charge in [-0.25, -0.2) is 4.98 Å². The fourth-order valence-corrected chi connectivity index (χ4v) is 1.71. The van der Waals surface area contributed by atoms with Crippen LogP contribution in [-0.4, -0.2) is 39.4 Å². The summed E-state index contributed by atoms with van der Waals surface area (Å²) >= 11 is 0. The zero-order chi connectivity index (χ0) is 12.0. The lowest BCUT2D eigenvalue weighted by molar-refractivity contribution is -0.172. The predicted octanol–water partition coefficient (Wildman–Crippen LogP) is 1.51. The average molecular weight is 237 g/mol. The van der Waals surface area contributed by atoms with E-state index in [0.29, 0.717) is 5.82 Å². The Morgan fingerprint density at radius 1 is 1.25 bits per heavy atom. The second-order valence-electron chi connectivity index (χ2n) is 4.01. The highest BCUT2D eigenvalue weighted by atomic mass is 19.3. The molecule has 0 aliphatic carbocycles. The monoisotopic (exact) mass is 237 g/mol. The Kier molecular flexibility index (Phi) is 2.45. The van der Waals surface area contributed by atoms with Crippen molar-refractivity contribution < 1.29 is 17.6 Å². The second-order valence-corrected chi connectivity index (χ2v) is 4.01. The highest BCUT2D eigenvalue weighted by Crippen LogP contribution is 2.41. The molecule has 1 aliphatic rings. The van der Waals surface area contributed by atoms with Gasteiger partial charge in [-0.1, -0.05) is 0 Å². The van der Waals surface area contributed by atoms with E-state index in [1.807, 2.05) is 0 Å². The minimum atomic E-state index is -3.95. The van der Waals surface area contributed by atoms with Crippen LogP contribution in [-0.2, 0) is 13.6 Å². The number of likely N-dealkylation sites (tertiary alicyclic amines) is 1. The van der Waals surface area contributed by atoms with Crippen LogP contribution in [0.15, 0.2) is 12.4 Å². The summed E-state index contributed by atoms with van der Waals surface area (Å²) in [5, 5.41) is 0. The van der Waals surface area contributed by atoms with Crippen LogP contribution in [0.2, 0.25) is 0 Å². The van der Waals surface area contributed by atoms with E-state index in [9.17, 15) is 17.6 Å². The van der Waals surface area contributed by atoms with Gasteiger partial charge in [-0.05, 0) is 0 Å². The van der Waals surface area contributed by atoms with Gasteiger partial charge in [-0.2, -0.15) is 17.6 Å². The lowest BCUT2D eigenvalue weighted by Crippen LogP contribution is -2.38. The number of hydrogen-bond donors (Lipinski definition) is 0. The summed E-state index contributed by atoms with van der Waals surface area (Å²) in [6.45, 7) is -1.84. The van der Waals surface area contributed by atoms with Crippen molar-refractivity contribution in [2.45, 2.75) is 18.4 Å². The first-order chi connectivity index (χ1) is 7.32. The molecule has 0 aromatic carbocycles. The van der Waals surface area contributed by atoms with Crippen LogP contribution >= 0.6 is 0 Å². The van der Waals surface area contributed by atoms with Gasteiger partial charge < -0.3 is 4.57 Å². The van der Waals surface area contributed by atoms with Crippen molar-refractivity contribution in [3.05, 3.63) is 18.2 Å². The van der Waals surface area contributed by atoms with Gasteiger partial charge in [0.1, 0.15) is 5.82 Å². The van der Waals surface area contributed by atoms with E-state index in [4.69, 9.17) is 0 Å². The molecule has 0 saturated carbocycles. The van der Waals surface area contributed by atoms with Gasteiger partial charge in [0.05, 0.1) is 19.6 Å². The fraction of sp³-hybridized carbons (Fsp3) is 0.667. The molecule has 3 nitrogen and oxygen atoms in total. The smallest absolute Gasteiger partial charge is 0.323 e. The third-order valence-corrected chi connectivity index (χ3v) is 2.67. The summed E-state index contributed by atoms with van der Waals surface area (Å²) in [4.78, 5) is 4.92. The molecule has 0 spiro atoms. The SMILES string of the molecule is Cn1ccnc1CN1CC(F)(F)C(F)(F)C1. The number of imidazole rings is 1. The van der Waals surface area contributed by atoms with E-state index >= 15 is 0 Å². The number of nitrogens with zero attached hydrogens (tertiary/aromatic N) is 3. The van der Waals surface area contributed by atoms with Crippen LogP contribution in [0.4, 0.5) is 17.6 Å². The molecule has 0 bridgehead atoms. The van der Waals surface area contributed by atoms with Gasteiger partial charge in [0.2, 0.25) is 0 Å². The normalized spacial score (nSPS) is 23.8. The maximum absolute atomic E-state index is 12.9. The van der Waals surface area contributed by atoms with Crippen molar-refractivity contribution in [3.63, 3.8) is 0 Å². The average Bonchev–Trinajstić information content (AvgIpc) is 2.57. The molecule has 1 aromatic rings. The van der Waals surface area contributed by atoms with Crippen molar-refractivity contribution in [3.8, 4) is 0 Å². The Hall–Kier alpha value is -1.11. The molecule has 2 heterocycles. The summed E-state index contributed by atoms with van der Waals surface area (Å²) < 4.78 is 53.2. The number of rotatable bonds is 2. The molecule has 90 valence electrons. The summed E-state index contributed by atoms with van der Waals surface area (Å²) in [5.74, 6) is -7.40. The van der Waals surface area contributed by atoms with E-state index in [2.05, 4.69) is 4.98 Å². The van der Waals surface area contributed by atoms with Crippen molar-refractivity contribution in [2.24, 2.45) is 7.05 Å². The first kappa shape index (κ1) is 11.4. The van der Waals surface area contributed by atoms with Gasteiger partial charge in [-0.15, -0.1) is 0 Å². The van der Waals surface area contributed by atoms with Crippen LogP contribution in [0.1, 0.15) is 5.82 Å². The summed E-state index contributed by atoms with van der Waals surface area (Å²) in [5.41, 5.74) is 0. The number of alkyl halides is 4. The summed E-state index contributed by atoms with van der Waals surface area (Å²) in [6.07, 6.45) is 3.14. The number of aromatic nitrogens is 2. The first-order valence-electron chi connectivity index (χ1n) is 4.76. The molecule has 16 heavy (non-hydrogen) atoms. The quantitative estimate of drug-likeness (QED) is 0.727. The Balaban J connectivity index is 2.08. The van der Waals surface area contributed by atoms with Crippen molar-refractivity contribution >= 4 is 0 Å². The topological polar surface area (TPSA) is 21.1 Å².